The molecule has 0 aromatic heterocycles. The Kier molecular flexibility index (Phi) is 5.19. The monoisotopic (exact) mass is 346 g/mol. The summed E-state index contributed by atoms with van der Waals surface area (Å²) in [6.07, 6.45) is 2.29. The van der Waals surface area contributed by atoms with E-state index in [-0.39, 0.29) is 5.92 Å². The Labute approximate surface area is 127 Å². The van der Waals surface area contributed by atoms with Crippen LogP contribution in [0.5, 0.6) is 0 Å². The third-order valence-electron chi connectivity index (χ3n) is 4.61. The van der Waals surface area contributed by atoms with Crippen molar-refractivity contribution in [3.05, 3.63) is 34.3 Å². The lowest BCUT2D eigenvalue weighted by Crippen LogP contribution is -2.45. The molecular weight excluding hydrogens is 326 g/mol. The fourth-order valence-corrected chi connectivity index (χ4v) is 3.59. The normalized spacial score (nSPS) is 21.7. The van der Waals surface area contributed by atoms with Crippen LogP contribution in [-0.2, 0) is 5.60 Å². The van der Waals surface area contributed by atoms with E-state index in [1.165, 1.54) is 6.92 Å². The highest BCUT2D eigenvalue weighted by Gasteiger charge is 2.46. The molecule has 1 aliphatic rings. The summed E-state index contributed by atoms with van der Waals surface area (Å²) in [5.41, 5.74) is -0.824. The minimum absolute atomic E-state index is 0.0820. The van der Waals surface area contributed by atoms with Crippen LogP contribution >= 0.6 is 15.9 Å². The van der Waals surface area contributed by atoms with Crippen molar-refractivity contribution in [1.29, 1.82) is 0 Å². The van der Waals surface area contributed by atoms with Gasteiger partial charge in [-0.05, 0) is 36.5 Å². The average Bonchev–Trinajstić information content (AvgIpc) is 2.47. The SMILES string of the molecule is CC(C(F)F)C(O)(c1ccc(Br)cc1)C1CCCCC1. The number of aliphatic hydroxyl groups is 1. The molecule has 1 aromatic carbocycles. The van der Waals surface area contributed by atoms with E-state index in [4.69, 9.17) is 0 Å². The first-order valence-corrected chi connectivity index (χ1v) is 8.02. The van der Waals surface area contributed by atoms with Crippen LogP contribution in [0.3, 0.4) is 0 Å². The molecule has 0 heterocycles. The molecule has 20 heavy (non-hydrogen) atoms. The largest absolute Gasteiger partial charge is 0.384 e. The fourth-order valence-electron chi connectivity index (χ4n) is 3.32. The van der Waals surface area contributed by atoms with Gasteiger partial charge < -0.3 is 5.11 Å². The highest BCUT2D eigenvalue weighted by atomic mass is 79.9. The summed E-state index contributed by atoms with van der Waals surface area (Å²) in [6.45, 7) is 1.46. The molecule has 2 atom stereocenters. The lowest BCUT2D eigenvalue weighted by atomic mass is 9.67. The molecule has 2 unspecified atom stereocenters. The van der Waals surface area contributed by atoms with Crippen molar-refractivity contribution < 1.29 is 13.9 Å². The van der Waals surface area contributed by atoms with Crippen molar-refractivity contribution >= 4 is 15.9 Å². The maximum Gasteiger partial charge on any atom is 0.244 e. The van der Waals surface area contributed by atoms with Crippen LogP contribution < -0.4 is 0 Å². The quantitative estimate of drug-likeness (QED) is 0.802. The Hall–Kier alpha value is -0.480. The predicted molar refractivity (Wildman–Crippen MR) is 79.8 cm³/mol. The third kappa shape index (κ3) is 3.06. The van der Waals surface area contributed by atoms with Crippen molar-refractivity contribution in [3.63, 3.8) is 0 Å². The molecule has 4 heteroatoms. The van der Waals surface area contributed by atoms with Gasteiger partial charge in [-0.1, -0.05) is 54.2 Å². The molecule has 0 spiro atoms. The molecule has 0 amide bonds. The average molecular weight is 347 g/mol. The maximum atomic E-state index is 13.3. The zero-order valence-electron chi connectivity index (χ0n) is 11.7. The molecule has 2 rings (SSSR count). The molecule has 0 saturated heterocycles. The summed E-state index contributed by atoms with van der Waals surface area (Å²) >= 11 is 3.34. The Bertz CT molecular complexity index is 429. The number of benzene rings is 1. The van der Waals surface area contributed by atoms with Crippen molar-refractivity contribution in [2.24, 2.45) is 11.8 Å². The lowest BCUT2D eigenvalue weighted by molar-refractivity contribution is -0.128. The smallest absolute Gasteiger partial charge is 0.244 e. The molecule has 1 N–H and O–H groups in total. The number of rotatable bonds is 4. The standard InChI is InChI=1S/C16H21BrF2O/c1-11(15(18)19)16(20,12-5-3-2-4-6-12)13-7-9-14(17)10-8-13/h7-12,15,20H,2-6H2,1H3. The summed E-state index contributed by atoms with van der Waals surface area (Å²) < 4.78 is 27.4. The summed E-state index contributed by atoms with van der Waals surface area (Å²) in [5, 5.41) is 11.1. The van der Waals surface area contributed by atoms with E-state index in [2.05, 4.69) is 15.9 Å². The Balaban J connectivity index is 2.39. The van der Waals surface area contributed by atoms with E-state index in [0.29, 0.717) is 5.56 Å². The van der Waals surface area contributed by atoms with Crippen LogP contribution in [0, 0.1) is 11.8 Å². The van der Waals surface area contributed by atoms with Gasteiger partial charge in [0.15, 0.2) is 0 Å². The van der Waals surface area contributed by atoms with E-state index < -0.39 is 17.9 Å². The first kappa shape index (κ1) is 15.9. The van der Waals surface area contributed by atoms with Gasteiger partial charge in [-0.3, -0.25) is 0 Å². The van der Waals surface area contributed by atoms with Crippen molar-refractivity contribution in [2.75, 3.05) is 0 Å². The Morgan fingerprint density at radius 2 is 1.70 bits per heavy atom. The molecular formula is C16H21BrF2O. The predicted octanol–water partition coefficient (Wildman–Crippen LogP) is 5.12. The van der Waals surface area contributed by atoms with Crippen molar-refractivity contribution in [2.45, 2.75) is 51.1 Å². The van der Waals surface area contributed by atoms with Gasteiger partial charge in [0.1, 0.15) is 5.60 Å². The second kappa shape index (κ2) is 6.52. The molecule has 1 fully saturated rings. The number of alkyl halides is 2. The van der Waals surface area contributed by atoms with E-state index in [1.807, 2.05) is 0 Å². The first-order chi connectivity index (χ1) is 9.46. The molecule has 1 saturated carbocycles. The van der Waals surface area contributed by atoms with Crippen molar-refractivity contribution in [1.82, 2.24) is 0 Å². The Morgan fingerprint density at radius 3 is 2.20 bits per heavy atom. The molecule has 112 valence electrons. The van der Waals surface area contributed by atoms with Gasteiger partial charge >= 0.3 is 0 Å². The topological polar surface area (TPSA) is 20.2 Å². The van der Waals surface area contributed by atoms with Crippen molar-refractivity contribution in [3.8, 4) is 0 Å². The summed E-state index contributed by atoms with van der Waals surface area (Å²) in [4.78, 5) is 0. The fraction of sp³-hybridized carbons (Fsp3) is 0.625. The molecule has 0 bridgehead atoms. The third-order valence-corrected chi connectivity index (χ3v) is 5.14. The van der Waals surface area contributed by atoms with E-state index in [9.17, 15) is 13.9 Å². The zero-order chi connectivity index (χ0) is 14.8. The minimum Gasteiger partial charge on any atom is -0.384 e. The van der Waals surface area contributed by atoms with Crippen LogP contribution in [-0.4, -0.2) is 11.5 Å². The van der Waals surface area contributed by atoms with E-state index in [0.717, 1.165) is 36.6 Å². The first-order valence-electron chi connectivity index (χ1n) is 7.22. The lowest BCUT2D eigenvalue weighted by Gasteiger charge is -2.43. The number of hydrogen-bond donors (Lipinski definition) is 1. The molecule has 1 aromatic rings. The molecule has 0 aliphatic heterocycles. The highest BCUT2D eigenvalue weighted by molar-refractivity contribution is 9.10. The second-order valence-electron chi connectivity index (χ2n) is 5.79. The number of hydrogen-bond acceptors (Lipinski definition) is 1. The highest BCUT2D eigenvalue weighted by Crippen LogP contribution is 2.46. The van der Waals surface area contributed by atoms with E-state index >= 15 is 0 Å². The molecule has 1 nitrogen and oxygen atoms in total. The minimum atomic E-state index is -2.52. The zero-order valence-corrected chi connectivity index (χ0v) is 13.2. The van der Waals surface area contributed by atoms with E-state index in [1.54, 1.807) is 24.3 Å². The maximum absolute atomic E-state index is 13.3. The van der Waals surface area contributed by atoms with Crippen LogP contribution in [0.15, 0.2) is 28.7 Å². The summed E-state index contributed by atoms with van der Waals surface area (Å²) in [6, 6.07) is 7.14. The van der Waals surface area contributed by atoms with Gasteiger partial charge in [0.25, 0.3) is 0 Å². The molecule has 0 radical (unpaired) electrons. The van der Waals surface area contributed by atoms with Crippen LogP contribution in [0.1, 0.15) is 44.6 Å². The van der Waals surface area contributed by atoms with Crippen LogP contribution in [0.4, 0.5) is 8.78 Å². The van der Waals surface area contributed by atoms with Gasteiger partial charge in [-0.15, -0.1) is 0 Å². The van der Waals surface area contributed by atoms with Gasteiger partial charge in [0.05, 0.1) is 5.92 Å². The second-order valence-corrected chi connectivity index (χ2v) is 6.71. The van der Waals surface area contributed by atoms with Gasteiger partial charge in [-0.25, -0.2) is 8.78 Å². The summed E-state index contributed by atoms with van der Waals surface area (Å²) in [5.74, 6) is -1.15. The van der Waals surface area contributed by atoms with Crippen LogP contribution in [0.25, 0.3) is 0 Å². The van der Waals surface area contributed by atoms with Gasteiger partial charge in [0, 0.05) is 4.47 Å². The number of halogens is 3. The van der Waals surface area contributed by atoms with Crippen LogP contribution in [0.2, 0.25) is 0 Å². The molecule has 1 aliphatic carbocycles. The Morgan fingerprint density at radius 1 is 1.15 bits per heavy atom. The van der Waals surface area contributed by atoms with Gasteiger partial charge in [-0.2, -0.15) is 0 Å². The summed E-state index contributed by atoms with van der Waals surface area (Å²) in [7, 11) is 0. The van der Waals surface area contributed by atoms with Gasteiger partial charge in [0.2, 0.25) is 6.43 Å².